The highest BCUT2D eigenvalue weighted by atomic mass is 16.2. The maximum absolute atomic E-state index is 11.0. The summed E-state index contributed by atoms with van der Waals surface area (Å²) in [6.07, 6.45) is 2.96. The molecule has 2 N–H and O–H groups in total. The maximum Gasteiger partial charge on any atom is 0.244 e. The van der Waals surface area contributed by atoms with E-state index in [2.05, 4.69) is 15.1 Å². The van der Waals surface area contributed by atoms with Crippen molar-refractivity contribution in [3.63, 3.8) is 0 Å². The van der Waals surface area contributed by atoms with Crippen molar-refractivity contribution in [2.24, 2.45) is 0 Å². The fourth-order valence-corrected chi connectivity index (χ4v) is 1.09. The van der Waals surface area contributed by atoms with Crippen LogP contribution in [0.25, 0.3) is 11.0 Å². The van der Waals surface area contributed by atoms with E-state index in [1.165, 1.54) is 24.0 Å². The molecule has 2 aromatic rings. The molecule has 0 bridgehead atoms. The van der Waals surface area contributed by atoms with E-state index in [9.17, 15) is 4.79 Å². The Morgan fingerprint density at radius 1 is 1.54 bits per heavy atom. The Labute approximate surface area is 73.4 Å². The molecule has 66 valence electrons. The van der Waals surface area contributed by atoms with E-state index in [1.54, 1.807) is 0 Å². The number of nitrogens with two attached hydrogens (primary N) is 1. The van der Waals surface area contributed by atoms with Gasteiger partial charge >= 0.3 is 0 Å². The van der Waals surface area contributed by atoms with E-state index >= 15 is 0 Å². The molecule has 13 heavy (non-hydrogen) atoms. The number of carbonyl (C=O) groups is 1. The highest BCUT2D eigenvalue weighted by Gasteiger charge is 2.07. The Morgan fingerprint density at radius 3 is 3.00 bits per heavy atom. The van der Waals surface area contributed by atoms with Crippen LogP contribution in [0.3, 0.4) is 0 Å². The van der Waals surface area contributed by atoms with Gasteiger partial charge in [-0.2, -0.15) is 9.78 Å². The van der Waals surface area contributed by atoms with Crippen LogP contribution in [0.4, 0.5) is 5.95 Å². The van der Waals surface area contributed by atoms with E-state index in [1.807, 2.05) is 0 Å². The lowest BCUT2D eigenvalue weighted by molar-refractivity contribution is 0.0926. The first-order valence-corrected chi connectivity index (χ1v) is 3.65. The monoisotopic (exact) mass is 177 g/mol. The molecule has 0 spiro atoms. The average Bonchev–Trinajstić information content (AvgIpc) is 2.46. The SMILES string of the molecule is CC(=O)n1ncc2nc(N)ncc21. The third-order valence-electron chi connectivity index (χ3n) is 1.64. The van der Waals surface area contributed by atoms with Gasteiger partial charge in [0.05, 0.1) is 12.4 Å². The topological polar surface area (TPSA) is 86.7 Å². The Morgan fingerprint density at radius 2 is 2.31 bits per heavy atom. The van der Waals surface area contributed by atoms with Gasteiger partial charge in [-0.05, 0) is 0 Å². The summed E-state index contributed by atoms with van der Waals surface area (Å²) in [6.45, 7) is 1.42. The number of aromatic nitrogens is 4. The molecular formula is C7H7N5O. The summed E-state index contributed by atoms with van der Waals surface area (Å²) >= 11 is 0. The maximum atomic E-state index is 11.0. The smallest absolute Gasteiger partial charge is 0.244 e. The van der Waals surface area contributed by atoms with Crippen molar-refractivity contribution >= 4 is 22.9 Å². The summed E-state index contributed by atoms with van der Waals surface area (Å²) in [5.41, 5.74) is 6.51. The first kappa shape index (κ1) is 7.66. The van der Waals surface area contributed by atoms with Gasteiger partial charge in [-0.15, -0.1) is 0 Å². The minimum absolute atomic E-state index is 0.176. The van der Waals surface area contributed by atoms with Crippen LogP contribution >= 0.6 is 0 Å². The summed E-state index contributed by atoms with van der Waals surface area (Å²) in [5.74, 6) is -0.000950. The van der Waals surface area contributed by atoms with Crippen LogP contribution in [0.5, 0.6) is 0 Å². The van der Waals surface area contributed by atoms with Gasteiger partial charge in [0.1, 0.15) is 11.0 Å². The average molecular weight is 177 g/mol. The van der Waals surface area contributed by atoms with Gasteiger partial charge in [0.25, 0.3) is 0 Å². The molecule has 6 heteroatoms. The second-order valence-electron chi connectivity index (χ2n) is 2.57. The molecule has 0 aliphatic heterocycles. The second-order valence-corrected chi connectivity index (χ2v) is 2.57. The van der Waals surface area contributed by atoms with E-state index in [0.717, 1.165) is 0 Å². The number of hydrogen-bond acceptors (Lipinski definition) is 5. The van der Waals surface area contributed by atoms with Crippen molar-refractivity contribution in [2.75, 3.05) is 5.73 Å². The quantitative estimate of drug-likeness (QED) is 0.615. The number of hydrogen-bond donors (Lipinski definition) is 1. The predicted octanol–water partition coefficient (Wildman–Crippen LogP) is 0.0686. The van der Waals surface area contributed by atoms with Gasteiger partial charge < -0.3 is 5.73 Å². The van der Waals surface area contributed by atoms with Crippen molar-refractivity contribution < 1.29 is 4.79 Å². The zero-order valence-corrected chi connectivity index (χ0v) is 6.93. The molecule has 2 aromatic heterocycles. The Balaban J connectivity index is 2.76. The van der Waals surface area contributed by atoms with Crippen LogP contribution in [0.15, 0.2) is 12.4 Å². The highest BCUT2D eigenvalue weighted by Crippen LogP contribution is 2.09. The molecule has 0 radical (unpaired) electrons. The van der Waals surface area contributed by atoms with Gasteiger partial charge in [0, 0.05) is 6.92 Å². The molecule has 0 aromatic carbocycles. The summed E-state index contributed by atoms with van der Waals surface area (Å²) in [6, 6.07) is 0. The summed E-state index contributed by atoms with van der Waals surface area (Å²) in [5, 5.41) is 3.84. The van der Waals surface area contributed by atoms with Gasteiger partial charge in [0.15, 0.2) is 0 Å². The molecule has 0 fully saturated rings. The summed E-state index contributed by atoms with van der Waals surface area (Å²) in [7, 11) is 0. The van der Waals surface area contributed by atoms with Crippen molar-refractivity contribution in [3.05, 3.63) is 12.4 Å². The van der Waals surface area contributed by atoms with E-state index < -0.39 is 0 Å². The van der Waals surface area contributed by atoms with Crippen LogP contribution < -0.4 is 5.73 Å². The minimum Gasteiger partial charge on any atom is -0.368 e. The molecule has 0 atom stereocenters. The normalized spacial score (nSPS) is 10.5. The Hall–Kier alpha value is -1.98. The van der Waals surface area contributed by atoms with Crippen LogP contribution in [0, 0.1) is 0 Å². The zero-order valence-electron chi connectivity index (χ0n) is 6.93. The third kappa shape index (κ3) is 1.12. The number of anilines is 1. The van der Waals surface area contributed by atoms with Crippen molar-refractivity contribution in [1.82, 2.24) is 19.7 Å². The van der Waals surface area contributed by atoms with E-state index in [4.69, 9.17) is 5.73 Å². The molecule has 0 amide bonds. The lowest BCUT2D eigenvalue weighted by Gasteiger charge is -1.95. The molecule has 0 aliphatic carbocycles. The predicted molar refractivity (Wildman–Crippen MR) is 46.0 cm³/mol. The molecule has 2 heterocycles. The first-order chi connectivity index (χ1) is 6.18. The standard InChI is InChI=1S/C7H7N5O/c1-4(13)12-6-3-9-7(8)11-5(6)2-10-12/h2-3H,1H3,(H2,8,9,11). The number of carbonyl (C=O) groups excluding carboxylic acids is 1. The van der Waals surface area contributed by atoms with Gasteiger partial charge in [-0.3, -0.25) is 4.79 Å². The van der Waals surface area contributed by atoms with E-state index in [-0.39, 0.29) is 11.9 Å². The lowest BCUT2D eigenvalue weighted by atomic mass is 10.4. The molecule has 0 saturated carbocycles. The van der Waals surface area contributed by atoms with Gasteiger partial charge in [0.2, 0.25) is 11.9 Å². The number of nitrogens with zero attached hydrogens (tertiary/aromatic N) is 4. The van der Waals surface area contributed by atoms with Gasteiger partial charge in [-0.25, -0.2) is 9.97 Å². The summed E-state index contributed by atoms with van der Waals surface area (Å²) in [4.78, 5) is 18.7. The lowest BCUT2D eigenvalue weighted by Crippen LogP contribution is -2.07. The van der Waals surface area contributed by atoms with Crippen LogP contribution in [-0.2, 0) is 0 Å². The largest absolute Gasteiger partial charge is 0.368 e. The second kappa shape index (κ2) is 2.51. The van der Waals surface area contributed by atoms with Crippen LogP contribution in [-0.4, -0.2) is 25.7 Å². The fourth-order valence-electron chi connectivity index (χ4n) is 1.09. The third-order valence-corrected chi connectivity index (χ3v) is 1.64. The molecule has 2 rings (SSSR count). The fraction of sp³-hybridized carbons (Fsp3) is 0.143. The molecule has 0 aliphatic rings. The summed E-state index contributed by atoms with van der Waals surface area (Å²) < 4.78 is 1.23. The van der Waals surface area contributed by atoms with Crippen LogP contribution in [0.2, 0.25) is 0 Å². The number of rotatable bonds is 0. The number of fused-ring (bicyclic) bond motifs is 1. The van der Waals surface area contributed by atoms with Crippen LogP contribution in [0.1, 0.15) is 11.7 Å². The van der Waals surface area contributed by atoms with Gasteiger partial charge in [-0.1, -0.05) is 0 Å². The Kier molecular flexibility index (Phi) is 1.48. The molecule has 6 nitrogen and oxygen atoms in total. The molecular weight excluding hydrogens is 170 g/mol. The van der Waals surface area contributed by atoms with Crippen molar-refractivity contribution in [1.29, 1.82) is 0 Å². The minimum atomic E-state index is -0.177. The van der Waals surface area contributed by atoms with Crippen molar-refractivity contribution in [3.8, 4) is 0 Å². The highest BCUT2D eigenvalue weighted by molar-refractivity contribution is 5.87. The zero-order chi connectivity index (χ0) is 9.42. The molecule has 0 unspecified atom stereocenters. The molecule has 0 saturated heterocycles. The first-order valence-electron chi connectivity index (χ1n) is 3.65. The van der Waals surface area contributed by atoms with Crippen molar-refractivity contribution in [2.45, 2.75) is 6.92 Å². The van der Waals surface area contributed by atoms with E-state index in [0.29, 0.717) is 11.0 Å². The Bertz CT molecular complexity index is 475. The number of nitrogen functional groups attached to an aromatic ring is 1.